The molecule has 0 spiro atoms. The van der Waals surface area contributed by atoms with Crippen molar-refractivity contribution < 1.29 is 48.7 Å². The van der Waals surface area contributed by atoms with Crippen molar-refractivity contribution >= 4 is 18.0 Å². The second-order valence-corrected chi connectivity index (χ2v) is 13.9. The van der Waals surface area contributed by atoms with Crippen LogP contribution in [0.2, 0.25) is 0 Å². The van der Waals surface area contributed by atoms with Gasteiger partial charge in [0.1, 0.15) is 24.4 Å². The van der Waals surface area contributed by atoms with E-state index in [-0.39, 0.29) is 39.4 Å². The Hall–Kier alpha value is -3.55. The quantitative estimate of drug-likeness (QED) is 0.274. The number of esters is 1. The van der Waals surface area contributed by atoms with Crippen molar-refractivity contribution in [3.8, 4) is 0 Å². The van der Waals surface area contributed by atoms with Crippen LogP contribution in [0.15, 0.2) is 60.7 Å². The monoisotopic (exact) mass is 658 g/mol. The number of hydrogen-bond acceptors (Lipinski definition) is 10. The maximum Gasteiger partial charge on any atom is 0.410 e. The van der Waals surface area contributed by atoms with Crippen LogP contribution in [-0.4, -0.2) is 112 Å². The Kier molecular flexibility index (Phi) is 13.3. The predicted octanol–water partition coefficient (Wildman–Crippen LogP) is 2.91. The molecule has 4 atom stereocenters. The Morgan fingerprint density at radius 3 is 1.79 bits per heavy atom. The standard InChI is InChI=1S/C35H50N2O10/c1-33(2,3)31(41)46-24-35(43,23-44-21-25-13-9-7-10-14-25)29(39)27(38)28(45-22-26-15-11-8-12-16-26)30(40)36-17-19-37(20-18-36)32(42)47-34(4,5)6/h7-16,27-29,38-39,43H,17-24H2,1-6H3/t27-,28-,29+,35-/m1/s1. The maximum absolute atomic E-state index is 13.9. The lowest BCUT2D eigenvalue weighted by molar-refractivity contribution is -0.211. The van der Waals surface area contributed by atoms with E-state index in [0.29, 0.717) is 5.56 Å². The average Bonchev–Trinajstić information content (AvgIpc) is 3.03. The van der Waals surface area contributed by atoms with Gasteiger partial charge >= 0.3 is 12.1 Å². The molecule has 0 aliphatic carbocycles. The first-order valence-corrected chi connectivity index (χ1v) is 15.8. The second kappa shape index (κ2) is 16.5. The van der Waals surface area contributed by atoms with E-state index in [1.54, 1.807) is 65.8 Å². The molecule has 12 heteroatoms. The van der Waals surface area contributed by atoms with Gasteiger partial charge in [-0.2, -0.15) is 0 Å². The van der Waals surface area contributed by atoms with Gasteiger partial charge in [-0.3, -0.25) is 9.59 Å². The van der Waals surface area contributed by atoms with E-state index in [2.05, 4.69) is 0 Å². The Morgan fingerprint density at radius 2 is 1.28 bits per heavy atom. The fourth-order valence-corrected chi connectivity index (χ4v) is 4.71. The number of ether oxygens (including phenoxy) is 4. The molecular weight excluding hydrogens is 608 g/mol. The number of carbonyl (C=O) groups is 3. The Labute approximate surface area is 277 Å². The smallest absolute Gasteiger partial charge is 0.410 e. The van der Waals surface area contributed by atoms with Gasteiger partial charge in [0, 0.05) is 26.2 Å². The molecule has 260 valence electrons. The molecule has 1 fully saturated rings. The zero-order chi connectivity index (χ0) is 34.8. The van der Waals surface area contributed by atoms with Gasteiger partial charge in [0.15, 0.2) is 11.7 Å². The summed E-state index contributed by atoms with van der Waals surface area (Å²) in [5.41, 5.74) is -2.40. The largest absolute Gasteiger partial charge is 0.462 e. The molecule has 2 amide bonds. The molecule has 3 N–H and O–H groups in total. The summed E-state index contributed by atoms with van der Waals surface area (Å²) in [6, 6.07) is 18.1. The van der Waals surface area contributed by atoms with Crippen molar-refractivity contribution in [3.05, 3.63) is 71.8 Å². The van der Waals surface area contributed by atoms with Crippen LogP contribution in [0.1, 0.15) is 52.7 Å². The number of aliphatic hydroxyl groups excluding tert-OH is 2. The summed E-state index contributed by atoms with van der Waals surface area (Å²) in [5, 5.41) is 34.7. The van der Waals surface area contributed by atoms with Gasteiger partial charge in [0.05, 0.1) is 25.2 Å². The van der Waals surface area contributed by atoms with Gasteiger partial charge in [-0.1, -0.05) is 60.7 Å². The van der Waals surface area contributed by atoms with E-state index in [4.69, 9.17) is 18.9 Å². The van der Waals surface area contributed by atoms with Gasteiger partial charge in [0.25, 0.3) is 5.91 Å². The first-order valence-electron chi connectivity index (χ1n) is 15.8. The van der Waals surface area contributed by atoms with Gasteiger partial charge < -0.3 is 44.1 Å². The molecule has 0 bridgehead atoms. The summed E-state index contributed by atoms with van der Waals surface area (Å²) in [6.07, 6.45) is -6.13. The van der Waals surface area contributed by atoms with Crippen molar-refractivity contribution in [2.24, 2.45) is 5.41 Å². The molecule has 2 aromatic carbocycles. The van der Waals surface area contributed by atoms with Crippen LogP contribution >= 0.6 is 0 Å². The van der Waals surface area contributed by atoms with Gasteiger partial charge in [-0.05, 0) is 52.7 Å². The number of piperazine rings is 1. The van der Waals surface area contributed by atoms with Crippen molar-refractivity contribution in [1.29, 1.82) is 0 Å². The first-order chi connectivity index (χ1) is 22.0. The summed E-state index contributed by atoms with van der Waals surface area (Å²) in [6.45, 7) is 9.57. The molecule has 1 aliphatic rings. The SMILES string of the molecule is CC(C)(C)OC(=O)N1CCN(C(=O)[C@H](OCc2ccccc2)[C@@H](O)[C@H](O)[C@@](O)(COCc2ccccc2)COC(=O)C(C)(C)C)CC1. The average molecular weight is 659 g/mol. The molecule has 1 aliphatic heterocycles. The molecule has 0 aromatic heterocycles. The minimum atomic E-state index is -2.32. The number of nitrogens with zero attached hydrogens (tertiary/aromatic N) is 2. The highest BCUT2D eigenvalue weighted by molar-refractivity contribution is 5.82. The van der Waals surface area contributed by atoms with Crippen molar-refractivity contribution in [3.63, 3.8) is 0 Å². The minimum absolute atomic E-state index is 0.0635. The molecule has 3 rings (SSSR count). The van der Waals surface area contributed by atoms with E-state index in [1.807, 2.05) is 36.4 Å². The highest BCUT2D eigenvalue weighted by Gasteiger charge is 2.48. The number of aliphatic hydroxyl groups is 3. The zero-order valence-corrected chi connectivity index (χ0v) is 28.3. The van der Waals surface area contributed by atoms with E-state index in [9.17, 15) is 29.7 Å². The Balaban J connectivity index is 1.81. The maximum atomic E-state index is 13.9. The number of benzene rings is 2. The summed E-state index contributed by atoms with van der Waals surface area (Å²) >= 11 is 0. The van der Waals surface area contributed by atoms with Crippen LogP contribution in [0.25, 0.3) is 0 Å². The summed E-state index contributed by atoms with van der Waals surface area (Å²) in [5.74, 6) is -1.29. The molecule has 12 nitrogen and oxygen atoms in total. The van der Waals surface area contributed by atoms with Gasteiger partial charge in [0.2, 0.25) is 0 Å². The third-order valence-corrected chi connectivity index (χ3v) is 7.47. The Morgan fingerprint density at radius 1 is 0.766 bits per heavy atom. The summed E-state index contributed by atoms with van der Waals surface area (Å²) in [7, 11) is 0. The summed E-state index contributed by atoms with van der Waals surface area (Å²) < 4.78 is 22.5. The van der Waals surface area contributed by atoms with Crippen LogP contribution in [-0.2, 0) is 41.8 Å². The van der Waals surface area contributed by atoms with Crippen LogP contribution in [0, 0.1) is 5.41 Å². The Bertz CT molecular complexity index is 1290. The second-order valence-electron chi connectivity index (χ2n) is 13.9. The minimum Gasteiger partial charge on any atom is -0.462 e. The van der Waals surface area contributed by atoms with Crippen LogP contribution in [0.3, 0.4) is 0 Å². The van der Waals surface area contributed by atoms with Crippen molar-refractivity contribution in [2.45, 2.75) is 84.3 Å². The van der Waals surface area contributed by atoms with Crippen molar-refractivity contribution in [2.75, 3.05) is 39.4 Å². The summed E-state index contributed by atoms with van der Waals surface area (Å²) in [4.78, 5) is 42.0. The fourth-order valence-electron chi connectivity index (χ4n) is 4.71. The lowest BCUT2D eigenvalue weighted by atomic mass is 9.90. The number of carbonyl (C=O) groups excluding carboxylic acids is 3. The highest BCUT2D eigenvalue weighted by atomic mass is 16.6. The highest BCUT2D eigenvalue weighted by Crippen LogP contribution is 2.24. The first kappa shape index (κ1) is 37.9. The van der Waals surface area contributed by atoms with Gasteiger partial charge in [-0.15, -0.1) is 0 Å². The van der Waals surface area contributed by atoms with E-state index in [0.717, 1.165) is 5.56 Å². The zero-order valence-electron chi connectivity index (χ0n) is 28.3. The van der Waals surface area contributed by atoms with Crippen LogP contribution in [0.4, 0.5) is 4.79 Å². The number of rotatable bonds is 13. The number of hydrogen-bond donors (Lipinski definition) is 3. The molecule has 2 aromatic rings. The lowest BCUT2D eigenvalue weighted by Gasteiger charge is -2.40. The molecular formula is C35H50N2O10. The van der Waals surface area contributed by atoms with E-state index in [1.165, 1.54) is 9.80 Å². The van der Waals surface area contributed by atoms with Crippen LogP contribution in [0.5, 0.6) is 0 Å². The molecule has 1 heterocycles. The van der Waals surface area contributed by atoms with Crippen LogP contribution < -0.4 is 0 Å². The fraction of sp³-hybridized carbons (Fsp3) is 0.571. The molecule has 0 unspecified atom stereocenters. The molecule has 0 saturated carbocycles. The lowest BCUT2D eigenvalue weighted by Crippen LogP contribution is -2.62. The molecule has 0 radical (unpaired) electrons. The van der Waals surface area contributed by atoms with E-state index >= 15 is 0 Å². The molecule has 1 saturated heterocycles. The topological polar surface area (TPSA) is 155 Å². The molecule has 47 heavy (non-hydrogen) atoms. The predicted molar refractivity (Wildman–Crippen MR) is 173 cm³/mol. The van der Waals surface area contributed by atoms with Crippen molar-refractivity contribution in [1.82, 2.24) is 9.80 Å². The normalized spacial score (nSPS) is 17.3. The third-order valence-electron chi connectivity index (χ3n) is 7.47. The third kappa shape index (κ3) is 11.6. The van der Waals surface area contributed by atoms with Gasteiger partial charge in [-0.25, -0.2) is 4.79 Å². The number of amides is 2. The van der Waals surface area contributed by atoms with E-state index < -0.39 is 66.1 Å².